The average molecular weight is 336 g/mol. The van der Waals surface area contributed by atoms with Crippen molar-refractivity contribution < 1.29 is 4.39 Å². The Hall–Kier alpha value is -1.72. The molecule has 0 saturated carbocycles. The highest BCUT2D eigenvalue weighted by Gasteiger charge is 2.18. The number of hydrogen-bond donors (Lipinski definition) is 1. The molecule has 6 heteroatoms. The van der Waals surface area contributed by atoms with Crippen molar-refractivity contribution in [2.75, 3.05) is 11.9 Å². The highest BCUT2D eigenvalue weighted by atomic mass is 35.5. The molecule has 0 bridgehead atoms. The van der Waals surface area contributed by atoms with E-state index in [1.54, 1.807) is 23.5 Å². The van der Waals surface area contributed by atoms with Gasteiger partial charge in [0.25, 0.3) is 0 Å². The Morgan fingerprint density at radius 1 is 1.23 bits per heavy atom. The molecule has 114 valence electrons. The Bertz CT molecular complexity index is 814. The van der Waals surface area contributed by atoms with Gasteiger partial charge in [0.05, 0.1) is 5.39 Å². The number of nitrogens with one attached hydrogen (secondary N) is 1. The molecular weight excluding hydrogens is 321 g/mol. The van der Waals surface area contributed by atoms with Gasteiger partial charge in [-0.05, 0) is 42.6 Å². The number of nitrogens with zero attached hydrogens (tertiary/aromatic N) is 2. The lowest BCUT2D eigenvalue weighted by molar-refractivity contribution is 0.628. The van der Waals surface area contributed by atoms with Crippen LogP contribution in [0, 0.1) is 12.7 Å². The first-order valence-electron chi connectivity index (χ1n) is 7.06. The molecule has 1 N–H and O–H groups in total. The molecule has 0 fully saturated rings. The maximum absolute atomic E-state index is 13.2. The van der Waals surface area contributed by atoms with Crippen LogP contribution < -0.4 is 5.32 Å². The van der Waals surface area contributed by atoms with Crippen LogP contribution in [0.25, 0.3) is 21.3 Å². The van der Waals surface area contributed by atoms with E-state index in [1.165, 1.54) is 12.1 Å². The second-order valence-corrected chi connectivity index (χ2v) is 6.53. The number of rotatable bonds is 4. The largest absolute Gasteiger partial charge is 0.369 e. The fraction of sp³-hybridized carbons (Fsp3) is 0.250. The second kappa shape index (κ2) is 6.18. The van der Waals surface area contributed by atoms with Crippen LogP contribution in [0.15, 0.2) is 24.3 Å². The van der Waals surface area contributed by atoms with Gasteiger partial charge in [-0.2, -0.15) is 0 Å². The van der Waals surface area contributed by atoms with Gasteiger partial charge in [0.2, 0.25) is 5.28 Å². The van der Waals surface area contributed by atoms with E-state index in [4.69, 9.17) is 11.6 Å². The van der Waals surface area contributed by atoms with Gasteiger partial charge in [-0.25, -0.2) is 14.4 Å². The first-order valence-corrected chi connectivity index (χ1v) is 8.26. The minimum atomic E-state index is -0.246. The Morgan fingerprint density at radius 2 is 1.95 bits per heavy atom. The second-order valence-electron chi connectivity index (χ2n) is 4.99. The van der Waals surface area contributed by atoms with Gasteiger partial charge in [-0.3, -0.25) is 0 Å². The van der Waals surface area contributed by atoms with Gasteiger partial charge in [0.1, 0.15) is 16.5 Å². The average Bonchev–Trinajstić information content (AvgIpc) is 2.81. The summed E-state index contributed by atoms with van der Waals surface area (Å²) in [5, 5.41) is 4.50. The predicted octanol–water partition coefficient (Wildman–Crippen LogP) is 5.28. The Balaban J connectivity index is 2.24. The molecule has 0 saturated heterocycles. The SMILES string of the molecule is CCCNc1nc(Cl)nc2sc(C)c(-c3ccc(F)cc3)c12. The number of anilines is 1. The van der Waals surface area contributed by atoms with Crippen LogP contribution in [0.2, 0.25) is 5.28 Å². The van der Waals surface area contributed by atoms with E-state index >= 15 is 0 Å². The topological polar surface area (TPSA) is 37.8 Å². The molecule has 22 heavy (non-hydrogen) atoms. The lowest BCUT2D eigenvalue weighted by Crippen LogP contribution is -2.03. The van der Waals surface area contributed by atoms with Gasteiger partial charge in [-0.15, -0.1) is 11.3 Å². The molecule has 2 heterocycles. The summed E-state index contributed by atoms with van der Waals surface area (Å²) in [4.78, 5) is 10.6. The summed E-state index contributed by atoms with van der Waals surface area (Å²) < 4.78 is 13.2. The third kappa shape index (κ3) is 2.78. The van der Waals surface area contributed by atoms with Crippen molar-refractivity contribution in [2.24, 2.45) is 0 Å². The van der Waals surface area contributed by atoms with Crippen LogP contribution in [-0.2, 0) is 0 Å². The van der Waals surface area contributed by atoms with E-state index in [0.717, 1.165) is 45.0 Å². The standard InChI is InChI=1S/C16H15ClFN3S/c1-3-8-19-14-13-12(10-4-6-11(18)7-5-10)9(2)22-15(13)21-16(17)20-14/h4-7H,3,8H2,1-2H3,(H,19,20,21). The predicted molar refractivity (Wildman–Crippen MR) is 91.3 cm³/mol. The highest BCUT2D eigenvalue weighted by molar-refractivity contribution is 7.19. The highest BCUT2D eigenvalue weighted by Crippen LogP contribution is 2.41. The molecule has 0 aliphatic carbocycles. The van der Waals surface area contributed by atoms with Crippen molar-refractivity contribution >= 4 is 39.0 Å². The molecular formula is C16H15ClFN3S. The zero-order valence-electron chi connectivity index (χ0n) is 12.3. The Morgan fingerprint density at radius 3 is 2.64 bits per heavy atom. The number of benzene rings is 1. The fourth-order valence-corrected chi connectivity index (χ4v) is 3.68. The van der Waals surface area contributed by atoms with Gasteiger partial charge in [0, 0.05) is 17.0 Å². The van der Waals surface area contributed by atoms with E-state index in [-0.39, 0.29) is 11.1 Å². The summed E-state index contributed by atoms with van der Waals surface area (Å²) in [6, 6.07) is 6.49. The zero-order chi connectivity index (χ0) is 15.7. The van der Waals surface area contributed by atoms with Gasteiger partial charge in [-0.1, -0.05) is 19.1 Å². The van der Waals surface area contributed by atoms with Gasteiger partial charge in [0.15, 0.2) is 0 Å². The number of halogens is 2. The third-order valence-electron chi connectivity index (χ3n) is 3.38. The molecule has 0 amide bonds. The molecule has 3 aromatic rings. The minimum Gasteiger partial charge on any atom is -0.369 e. The quantitative estimate of drug-likeness (QED) is 0.659. The van der Waals surface area contributed by atoms with Crippen LogP contribution in [0.4, 0.5) is 10.2 Å². The monoisotopic (exact) mass is 335 g/mol. The van der Waals surface area contributed by atoms with Crippen molar-refractivity contribution in [3.8, 4) is 11.1 Å². The van der Waals surface area contributed by atoms with Crippen molar-refractivity contribution in [3.05, 3.63) is 40.2 Å². The molecule has 0 radical (unpaired) electrons. The number of aromatic nitrogens is 2. The zero-order valence-corrected chi connectivity index (χ0v) is 13.9. The maximum atomic E-state index is 13.2. The number of aryl methyl sites for hydroxylation is 1. The van der Waals surface area contributed by atoms with Crippen molar-refractivity contribution in [3.63, 3.8) is 0 Å². The van der Waals surface area contributed by atoms with E-state index in [1.807, 2.05) is 6.92 Å². The molecule has 2 aromatic heterocycles. The lowest BCUT2D eigenvalue weighted by atomic mass is 10.0. The first-order chi connectivity index (χ1) is 10.6. The molecule has 1 aromatic carbocycles. The summed E-state index contributed by atoms with van der Waals surface area (Å²) in [6.07, 6.45) is 0.984. The smallest absolute Gasteiger partial charge is 0.225 e. The van der Waals surface area contributed by atoms with Gasteiger partial charge < -0.3 is 5.32 Å². The fourth-order valence-electron chi connectivity index (χ4n) is 2.42. The van der Waals surface area contributed by atoms with Crippen LogP contribution in [0.1, 0.15) is 18.2 Å². The van der Waals surface area contributed by atoms with E-state index < -0.39 is 0 Å². The summed E-state index contributed by atoms with van der Waals surface area (Å²) in [5.74, 6) is 0.491. The number of hydrogen-bond acceptors (Lipinski definition) is 4. The van der Waals surface area contributed by atoms with Crippen molar-refractivity contribution in [1.82, 2.24) is 9.97 Å². The molecule has 0 unspecified atom stereocenters. The molecule has 3 nitrogen and oxygen atoms in total. The van der Waals surface area contributed by atoms with E-state index in [9.17, 15) is 4.39 Å². The number of thiophene rings is 1. The Kier molecular flexibility index (Phi) is 4.27. The summed E-state index contributed by atoms with van der Waals surface area (Å²) >= 11 is 7.60. The van der Waals surface area contributed by atoms with Crippen LogP contribution in [-0.4, -0.2) is 16.5 Å². The summed E-state index contributed by atoms with van der Waals surface area (Å²) in [7, 11) is 0. The van der Waals surface area contributed by atoms with Crippen molar-refractivity contribution in [1.29, 1.82) is 0 Å². The molecule has 0 atom stereocenters. The van der Waals surface area contributed by atoms with E-state index in [2.05, 4.69) is 22.2 Å². The lowest BCUT2D eigenvalue weighted by Gasteiger charge is -2.08. The molecule has 3 rings (SSSR count). The molecule has 0 aliphatic rings. The first kappa shape index (κ1) is 15.2. The number of fused-ring (bicyclic) bond motifs is 1. The molecule has 0 aliphatic heterocycles. The van der Waals surface area contributed by atoms with Crippen LogP contribution in [0.3, 0.4) is 0 Å². The van der Waals surface area contributed by atoms with Crippen LogP contribution in [0.5, 0.6) is 0 Å². The summed E-state index contributed by atoms with van der Waals surface area (Å²) in [5.41, 5.74) is 1.99. The van der Waals surface area contributed by atoms with Crippen LogP contribution >= 0.6 is 22.9 Å². The maximum Gasteiger partial charge on any atom is 0.225 e. The molecule has 0 spiro atoms. The third-order valence-corrected chi connectivity index (χ3v) is 4.54. The Labute approximate surface area is 137 Å². The van der Waals surface area contributed by atoms with E-state index in [0.29, 0.717) is 0 Å². The minimum absolute atomic E-state index is 0.234. The summed E-state index contributed by atoms with van der Waals surface area (Å²) in [6.45, 7) is 4.93. The normalized spacial score (nSPS) is 11.1. The van der Waals surface area contributed by atoms with Crippen molar-refractivity contribution in [2.45, 2.75) is 20.3 Å². The van der Waals surface area contributed by atoms with Gasteiger partial charge >= 0.3 is 0 Å².